The normalized spacial score (nSPS) is 19.8. The van der Waals surface area contributed by atoms with E-state index in [1.165, 1.54) is 12.1 Å². The fourth-order valence-electron chi connectivity index (χ4n) is 3.73. The van der Waals surface area contributed by atoms with Crippen molar-refractivity contribution in [3.8, 4) is 16.9 Å². The lowest BCUT2D eigenvalue weighted by Gasteiger charge is -2.30. The largest absolute Gasteiger partial charge is 0.550 e. The van der Waals surface area contributed by atoms with Crippen molar-refractivity contribution in [1.82, 2.24) is 0 Å². The topological polar surface area (TPSA) is 67.8 Å². The number of benzene rings is 2. The molecule has 1 aliphatic rings. The second-order valence-electron chi connectivity index (χ2n) is 8.41. The molecule has 2 unspecified atom stereocenters. The minimum Gasteiger partial charge on any atom is -0.550 e. The fourth-order valence-corrected chi connectivity index (χ4v) is 3.73. The summed E-state index contributed by atoms with van der Waals surface area (Å²) in [4.78, 5) is 10.6. The van der Waals surface area contributed by atoms with Crippen molar-refractivity contribution in [3.05, 3.63) is 54.6 Å². The van der Waals surface area contributed by atoms with Crippen LogP contribution in [0.25, 0.3) is 11.1 Å². The first kappa shape index (κ1) is 30.4. The summed E-state index contributed by atoms with van der Waals surface area (Å²) >= 11 is 0. The third kappa shape index (κ3) is 9.88. The average molecular weight is 536 g/mol. The first-order chi connectivity index (χ1) is 17.3. The zero-order valence-electron chi connectivity index (χ0n) is 20.4. The van der Waals surface area contributed by atoms with E-state index in [9.17, 15) is 36.2 Å². The van der Waals surface area contributed by atoms with Gasteiger partial charge in [-0.25, -0.2) is 4.39 Å². The summed E-state index contributed by atoms with van der Waals surface area (Å²) in [6.45, 7) is 4.43. The van der Waals surface area contributed by atoms with Crippen molar-refractivity contribution in [2.45, 2.75) is 70.4 Å². The molecule has 0 aromatic heterocycles. The Bertz CT molecular complexity index is 944. The average Bonchev–Trinajstić information content (AvgIpc) is 2.84. The highest BCUT2D eigenvalue weighted by molar-refractivity contribution is 5.67. The fraction of sp³-hybridized carbons (Fsp3) is 0.500. The van der Waals surface area contributed by atoms with E-state index < -0.39 is 30.2 Å². The van der Waals surface area contributed by atoms with Crippen LogP contribution in [0.4, 0.5) is 26.3 Å². The van der Waals surface area contributed by atoms with Gasteiger partial charge in [-0.2, -0.15) is 22.0 Å². The van der Waals surface area contributed by atoms with Gasteiger partial charge in [0.05, 0.1) is 6.10 Å². The molecule has 0 spiro atoms. The van der Waals surface area contributed by atoms with Gasteiger partial charge in [0.1, 0.15) is 5.75 Å². The Hall–Kier alpha value is -2.79. The van der Waals surface area contributed by atoms with E-state index in [2.05, 4.69) is 4.74 Å². The van der Waals surface area contributed by atoms with Crippen LogP contribution >= 0.6 is 0 Å². The van der Waals surface area contributed by atoms with Gasteiger partial charge in [0.15, 0.2) is 6.29 Å². The van der Waals surface area contributed by atoms with Crippen LogP contribution < -0.4 is 9.84 Å². The van der Waals surface area contributed by atoms with E-state index in [0.717, 1.165) is 30.5 Å². The summed E-state index contributed by atoms with van der Waals surface area (Å²) in [6.07, 6.45) is -12.3. The van der Waals surface area contributed by atoms with Crippen LogP contribution in [-0.2, 0) is 14.3 Å². The molecule has 1 aliphatic carbocycles. The van der Waals surface area contributed by atoms with E-state index >= 15 is 0 Å². The molecule has 0 radical (unpaired) electrons. The molecule has 1 fully saturated rings. The number of carboxylic acid groups (broad SMARTS) is 1. The van der Waals surface area contributed by atoms with Crippen LogP contribution in [-0.4, -0.2) is 43.4 Å². The van der Waals surface area contributed by atoms with Crippen LogP contribution in [0.2, 0.25) is 0 Å². The lowest BCUT2D eigenvalue weighted by atomic mass is 9.87. The molecule has 0 saturated heterocycles. The number of hydrogen-bond donors (Lipinski definition) is 0. The van der Waals surface area contributed by atoms with E-state index in [-0.39, 0.29) is 18.3 Å². The number of ether oxygens (including phenoxy) is 3. The quantitative estimate of drug-likeness (QED) is 0.295. The third-order valence-electron chi connectivity index (χ3n) is 5.59. The maximum atomic E-state index is 13.1. The maximum absolute atomic E-state index is 13.1. The van der Waals surface area contributed by atoms with Crippen LogP contribution in [0.5, 0.6) is 5.75 Å². The first-order valence-corrected chi connectivity index (χ1v) is 11.7. The number of carbonyl (C=O) groups is 1. The monoisotopic (exact) mass is 535 g/mol. The molecular formula is C26H29F6O5-. The molecular weight excluding hydrogens is 506 g/mol. The summed E-state index contributed by atoms with van der Waals surface area (Å²) in [5.41, 5.74) is 1.45. The highest BCUT2D eigenvalue weighted by Gasteiger charge is 2.59. The summed E-state index contributed by atoms with van der Waals surface area (Å²) in [7, 11) is 0. The van der Waals surface area contributed by atoms with Gasteiger partial charge in [-0.1, -0.05) is 42.5 Å². The first-order valence-electron chi connectivity index (χ1n) is 11.7. The number of hydrogen-bond acceptors (Lipinski definition) is 5. The third-order valence-corrected chi connectivity index (χ3v) is 5.59. The Morgan fingerprint density at radius 1 is 0.946 bits per heavy atom. The van der Waals surface area contributed by atoms with Gasteiger partial charge in [-0.15, -0.1) is 0 Å². The molecule has 2 atom stereocenters. The molecule has 2 aromatic carbocycles. The number of carboxylic acids is 1. The number of halogens is 6. The predicted molar refractivity (Wildman–Crippen MR) is 121 cm³/mol. The van der Waals surface area contributed by atoms with Gasteiger partial charge >= 0.3 is 12.3 Å². The molecule has 206 valence electrons. The van der Waals surface area contributed by atoms with Crippen molar-refractivity contribution in [2.75, 3.05) is 6.61 Å². The van der Waals surface area contributed by atoms with Gasteiger partial charge < -0.3 is 24.1 Å². The van der Waals surface area contributed by atoms with Crippen molar-refractivity contribution < 1.29 is 50.5 Å². The standard InChI is InChI=1S/C15H10F6O.C11H20O4/c16-13(14(17,18)19)15(20,21)22-12-8-6-11(7-9-12)10-4-2-1-3-5-10;1-3-14-8(2)15-10-6-4-9(5-7-10)11(12)13/h1-9,13H;8-10H,3-7H2,1-2H3,(H,12,13)/p-1. The maximum Gasteiger partial charge on any atom is 0.439 e. The van der Waals surface area contributed by atoms with Crippen molar-refractivity contribution in [3.63, 3.8) is 0 Å². The van der Waals surface area contributed by atoms with E-state index in [1.807, 2.05) is 13.8 Å². The highest BCUT2D eigenvalue weighted by atomic mass is 19.4. The highest BCUT2D eigenvalue weighted by Crippen LogP contribution is 2.37. The molecule has 0 amide bonds. The molecule has 1 saturated carbocycles. The number of rotatable bonds is 9. The molecule has 0 N–H and O–H groups in total. The van der Waals surface area contributed by atoms with E-state index in [1.54, 1.807) is 30.3 Å². The molecule has 0 heterocycles. The summed E-state index contributed by atoms with van der Waals surface area (Å²) in [5.74, 6) is -1.77. The van der Waals surface area contributed by atoms with E-state index in [0.29, 0.717) is 25.0 Å². The zero-order chi connectivity index (χ0) is 27.6. The van der Waals surface area contributed by atoms with Crippen LogP contribution in [0.15, 0.2) is 54.6 Å². The Morgan fingerprint density at radius 3 is 1.97 bits per heavy atom. The molecule has 0 bridgehead atoms. The molecule has 5 nitrogen and oxygen atoms in total. The Kier molecular flexibility index (Phi) is 11.2. The van der Waals surface area contributed by atoms with Gasteiger partial charge in [0.2, 0.25) is 0 Å². The Labute approximate surface area is 211 Å². The smallest absolute Gasteiger partial charge is 0.439 e. The van der Waals surface area contributed by atoms with E-state index in [4.69, 9.17) is 9.47 Å². The number of carbonyl (C=O) groups excluding carboxylic acids is 1. The van der Waals surface area contributed by atoms with Crippen molar-refractivity contribution in [1.29, 1.82) is 0 Å². The predicted octanol–water partition coefficient (Wildman–Crippen LogP) is 5.92. The van der Waals surface area contributed by atoms with Gasteiger partial charge in [0, 0.05) is 12.6 Å². The lowest BCUT2D eigenvalue weighted by Crippen LogP contribution is -2.45. The second-order valence-corrected chi connectivity index (χ2v) is 8.41. The van der Waals surface area contributed by atoms with Crippen molar-refractivity contribution >= 4 is 5.97 Å². The molecule has 11 heteroatoms. The van der Waals surface area contributed by atoms with Gasteiger partial charge in [0.25, 0.3) is 6.17 Å². The molecule has 0 aliphatic heterocycles. The second kappa shape index (κ2) is 13.7. The summed E-state index contributed by atoms with van der Waals surface area (Å²) < 4.78 is 89.7. The minimum atomic E-state index is -5.70. The lowest BCUT2D eigenvalue weighted by molar-refractivity contribution is -0.313. The minimum absolute atomic E-state index is 0.141. The van der Waals surface area contributed by atoms with Crippen LogP contribution in [0, 0.1) is 5.92 Å². The Morgan fingerprint density at radius 2 is 1.49 bits per heavy atom. The number of alkyl halides is 6. The number of aliphatic carboxylic acids is 1. The summed E-state index contributed by atoms with van der Waals surface area (Å²) in [6, 6.07) is 13.8. The van der Waals surface area contributed by atoms with Crippen LogP contribution in [0.1, 0.15) is 39.5 Å². The Balaban J connectivity index is 0.000000281. The SMILES string of the molecule is CCOC(C)OC1CCC(C(=O)[O-])CC1.FC(C(F)(F)F)C(F)(F)Oc1ccc(-c2ccccc2)cc1. The van der Waals surface area contributed by atoms with Crippen LogP contribution in [0.3, 0.4) is 0 Å². The molecule has 37 heavy (non-hydrogen) atoms. The summed E-state index contributed by atoms with van der Waals surface area (Å²) in [5, 5.41) is 10.6. The molecule has 2 aromatic rings. The van der Waals surface area contributed by atoms with Gasteiger partial charge in [-0.05, 0) is 68.7 Å². The van der Waals surface area contributed by atoms with Crippen molar-refractivity contribution in [2.24, 2.45) is 5.92 Å². The van der Waals surface area contributed by atoms with Gasteiger partial charge in [-0.3, -0.25) is 0 Å². The molecule has 3 rings (SSSR count). The zero-order valence-corrected chi connectivity index (χ0v) is 20.4.